The first-order chi connectivity index (χ1) is 16.0. The SMILES string of the molecule is C[C@@]1(Cc2ccccc2)CCc2cc(C(=O)NS(=O)(=O)c3cccc(C(F)(F)F)c3)ccc2O1. The lowest BCUT2D eigenvalue weighted by molar-refractivity contribution is -0.137. The molecular weight excluding hydrogens is 467 g/mol. The van der Waals surface area contributed by atoms with Crippen LogP contribution in [0.15, 0.2) is 77.7 Å². The van der Waals surface area contributed by atoms with Gasteiger partial charge in [-0.1, -0.05) is 36.4 Å². The highest BCUT2D eigenvalue weighted by Crippen LogP contribution is 2.36. The average Bonchev–Trinajstić information content (AvgIpc) is 2.78. The van der Waals surface area contributed by atoms with Gasteiger partial charge in [-0.15, -0.1) is 0 Å². The van der Waals surface area contributed by atoms with E-state index in [4.69, 9.17) is 4.74 Å². The molecule has 1 N–H and O–H groups in total. The minimum Gasteiger partial charge on any atom is -0.487 e. The van der Waals surface area contributed by atoms with E-state index in [0.717, 1.165) is 29.3 Å². The van der Waals surface area contributed by atoms with E-state index in [0.29, 0.717) is 31.1 Å². The summed E-state index contributed by atoms with van der Waals surface area (Å²) >= 11 is 0. The van der Waals surface area contributed by atoms with Crippen LogP contribution in [-0.2, 0) is 29.0 Å². The predicted octanol–water partition coefficient (Wildman–Crippen LogP) is 5.15. The van der Waals surface area contributed by atoms with Crippen molar-refractivity contribution >= 4 is 15.9 Å². The van der Waals surface area contributed by atoms with E-state index in [1.807, 2.05) is 42.0 Å². The van der Waals surface area contributed by atoms with Gasteiger partial charge in [-0.05, 0) is 67.3 Å². The summed E-state index contributed by atoms with van der Waals surface area (Å²) in [6, 6.07) is 17.8. The van der Waals surface area contributed by atoms with Gasteiger partial charge in [-0.2, -0.15) is 13.2 Å². The Labute approximate surface area is 195 Å². The van der Waals surface area contributed by atoms with Crippen LogP contribution in [0.2, 0.25) is 0 Å². The number of fused-ring (bicyclic) bond motifs is 1. The van der Waals surface area contributed by atoms with Gasteiger partial charge in [-0.3, -0.25) is 4.79 Å². The second-order valence-corrected chi connectivity index (χ2v) is 10.2. The molecule has 1 amide bonds. The molecule has 1 aliphatic heterocycles. The number of aryl methyl sites for hydroxylation is 1. The number of ether oxygens (including phenoxy) is 1. The van der Waals surface area contributed by atoms with E-state index >= 15 is 0 Å². The van der Waals surface area contributed by atoms with Crippen LogP contribution in [0.1, 0.15) is 40.4 Å². The van der Waals surface area contributed by atoms with Crippen molar-refractivity contribution in [2.45, 2.75) is 42.9 Å². The summed E-state index contributed by atoms with van der Waals surface area (Å²) < 4.78 is 71.9. The van der Waals surface area contributed by atoms with E-state index in [1.54, 1.807) is 12.1 Å². The highest BCUT2D eigenvalue weighted by molar-refractivity contribution is 7.90. The monoisotopic (exact) mass is 489 g/mol. The van der Waals surface area contributed by atoms with Gasteiger partial charge >= 0.3 is 6.18 Å². The van der Waals surface area contributed by atoms with Crippen molar-refractivity contribution in [3.63, 3.8) is 0 Å². The Kier molecular flexibility index (Phi) is 6.16. The third-order valence-corrected chi connectivity index (χ3v) is 7.05. The van der Waals surface area contributed by atoms with Crippen molar-refractivity contribution in [3.05, 3.63) is 95.1 Å². The smallest absolute Gasteiger partial charge is 0.416 e. The maximum atomic E-state index is 12.9. The highest BCUT2D eigenvalue weighted by Gasteiger charge is 2.33. The number of hydrogen-bond donors (Lipinski definition) is 1. The fourth-order valence-electron chi connectivity index (χ4n) is 3.96. The summed E-state index contributed by atoms with van der Waals surface area (Å²) in [6.45, 7) is 2.02. The number of sulfonamides is 1. The van der Waals surface area contributed by atoms with Crippen LogP contribution in [0, 0.1) is 0 Å². The minimum atomic E-state index is -4.71. The fourth-order valence-corrected chi connectivity index (χ4v) is 4.98. The van der Waals surface area contributed by atoms with Crippen LogP contribution in [-0.4, -0.2) is 19.9 Å². The van der Waals surface area contributed by atoms with Crippen LogP contribution < -0.4 is 9.46 Å². The molecule has 0 saturated carbocycles. The lowest BCUT2D eigenvalue weighted by Crippen LogP contribution is -2.38. The zero-order valence-electron chi connectivity index (χ0n) is 18.2. The Balaban J connectivity index is 1.50. The molecular formula is C25H22F3NO4S. The molecule has 34 heavy (non-hydrogen) atoms. The first-order valence-electron chi connectivity index (χ1n) is 10.6. The number of amides is 1. The Morgan fingerprint density at radius 2 is 1.76 bits per heavy atom. The Bertz CT molecular complexity index is 1320. The summed E-state index contributed by atoms with van der Waals surface area (Å²) in [5, 5.41) is 0. The van der Waals surface area contributed by atoms with Crippen molar-refractivity contribution in [1.29, 1.82) is 0 Å². The maximum absolute atomic E-state index is 12.9. The Morgan fingerprint density at radius 1 is 1.03 bits per heavy atom. The number of hydrogen-bond acceptors (Lipinski definition) is 4. The summed E-state index contributed by atoms with van der Waals surface area (Å²) in [6.07, 6.45) is -2.67. The molecule has 0 spiro atoms. The second kappa shape index (κ2) is 8.79. The normalized spacial score (nSPS) is 18.0. The van der Waals surface area contributed by atoms with Crippen LogP contribution in [0.3, 0.4) is 0 Å². The van der Waals surface area contributed by atoms with Gasteiger partial charge in [0.15, 0.2) is 0 Å². The lowest BCUT2D eigenvalue weighted by atomic mass is 9.87. The Morgan fingerprint density at radius 3 is 2.47 bits per heavy atom. The van der Waals surface area contributed by atoms with Crippen LogP contribution in [0.4, 0.5) is 13.2 Å². The number of benzene rings is 3. The zero-order chi connectivity index (χ0) is 24.6. The number of carbonyl (C=O) groups is 1. The molecule has 0 radical (unpaired) electrons. The van der Waals surface area contributed by atoms with Crippen molar-refractivity contribution in [2.24, 2.45) is 0 Å². The molecule has 3 aromatic rings. The predicted molar refractivity (Wildman–Crippen MR) is 120 cm³/mol. The quantitative estimate of drug-likeness (QED) is 0.538. The first kappa shape index (κ1) is 23.8. The van der Waals surface area contributed by atoms with E-state index in [9.17, 15) is 26.4 Å². The van der Waals surface area contributed by atoms with Crippen molar-refractivity contribution in [1.82, 2.24) is 4.72 Å². The van der Waals surface area contributed by atoms with Gasteiger partial charge < -0.3 is 4.74 Å². The first-order valence-corrected chi connectivity index (χ1v) is 12.0. The highest BCUT2D eigenvalue weighted by atomic mass is 32.2. The van der Waals surface area contributed by atoms with Gasteiger partial charge in [0.25, 0.3) is 15.9 Å². The van der Waals surface area contributed by atoms with Gasteiger partial charge in [0.05, 0.1) is 10.5 Å². The molecule has 0 aliphatic carbocycles. The van der Waals surface area contributed by atoms with Gasteiger partial charge in [-0.25, -0.2) is 13.1 Å². The third kappa shape index (κ3) is 5.25. The molecule has 0 aromatic heterocycles. The number of halogens is 3. The van der Waals surface area contributed by atoms with Gasteiger partial charge in [0, 0.05) is 12.0 Å². The maximum Gasteiger partial charge on any atom is 0.416 e. The largest absolute Gasteiger partial charge is 0.487 e. The molecule has 0 saturated heterocycles. The molecule has 1 heterocycles. The number of carbonyl (C=O) groups excluding carboxylic acids is 1. The molecule has 178 valence electrons. The lowest BCUT2D eigenvalue weighted by Gasteiger charge is -2.36. The summed E-state index contributed by atoms with van der Waals surface area (Å²) in [7, 11) is -4.50. The average molecular weight is 490 g/mol. The molecule has 9 heteroatoms. The molecule has 5 nitrogen and oxygen atoms in total. The van der Waals surface area contributed by atoms with Gasteiger partial charge in [0.2, 0.25) is 0 Å². The summed E-state index contributed by atoms with van der Waals surface area (Å²) in [5.74, 6) is -0.320. The third-order valence-electron chi connectivity index (χ3n) is 5.72. The number of rotatable bonds is 5. The minimum absolute atomic E-state index is 0.0737. The number of nitrogens with one attached hydrogen (secondary N) is 1. The fraction of sp³-hybridized carbons (Fsp3) is 0.240. The Hall–Kier alpha value is -3.33. The van der Waals surface area contributed by atoms with Gasteiger partial charge in [0.1, 0.15) is 11.4 Å². The molecule has 0 bridgehead atoms. The van der Waals surface area contributed by atoms with E-state index in [1.165, 1.54) is 6.07 Å². The number of alkyl halides is 3. The molecule has 0 unspecified atom stereocenters. The standard InChI is InChI=1S/C25H22F3NO4S/c1-24(16-17-6-3-2-4-7-17)13-12-18-14-19(10-11-22(18)33-24)23(30)29-34(31,32)21-9-5-8-20(15-21)25(26,27)28/h2-11,14-15H,12-13,16H2,1H3,(H,29,30)/t24-/m0/s1. The molecule has 0 fully saturated rings. The van der Waals surface area contributed by atoms with Crippen molar-refractivity contribution in [2.75, 3.05) is 0 Å². The molecule has 1 aliphatic rings. The van der Waals surface area contributed by atoms with Crippen LogP contribution >= 0.6 is 0 Å². The second-order valence-electron chi connectivity index (χ2n) is 8.50. The topological polar surface area (TPSA) is 72.5 Å². The zero-order valence-corrected chi connectivity index (χ0v) is 19.0. The van der Waals surface area contributed by atoms with Crippen LogP contribution in [0.25, 0.3) is 0 Å². The van der Waals surface area contributed by atoms with Crippen molar-refractivity contribution < 1.29 is 31.1 Å². The van der Waals surface area contributed by atoms with E-state index in [2.05, 4.69) is 0 Å². The van der Waals surface area contributed by atoms with Crippen LogP contribution in [0.5, 0.6) is 5.75 Å². The summed E-state index contributed by atoms with van der Waals surface area (Å²) in [5.41, 5.74) is 0.432. The van der Waals surface area contributed by atoms with Crippen molar-refractivity contribution in [3.8, 4) is 5.75 Å². The van der Waals surface area contributed by atoms with E-state index in [-0.39, 0.29) is 5.56 Å². The molecule has 3 aromatic carbocycles. The molecule has 1 atom stereocenters. The molecule has 4 rings (SSSR count). The summed E-state index contributed by atoms with van der Waals surface area (Å²) in [4.78, 5) is 12.0. The van der Waals surface area contributed by atoms with E-state index < -0.39 is 38.2 Å².